The molecule has 0 atom stereocenters. The second-order valence-electron chi connectivity index (χ2n) is 3.87. The Balaban J connectivity index is 1.99. The predicted molar refractivity (Wildman–Crippen MR) is 76.8 cm³/mol. The van der Waals surface area contributed by atoms with Crippen molar-refractivity contribution in [3.63, 3.8) is 0 Å². The third kappa shape index (κ3) is 3.23. The SMILES string of the molecule is Cc1cc(Br)cc(N)c1OCCc1ccsc1. The predicted octanol–water partition coefficient (Wildman–Crippen LogP) is 4.02. The topological polar surface area (TPSA) is 35.2 Å². The number of halogens is 1. The number of ether oxygens (including phenoxy) is 1. The van der Waals surface area contributed by atoms with Crippen LogP contribution in [0.4, 0.5) is 5.69 Å². The second kappa shape index (κ2) is 5.56. The van der Waals surface area contributed by atoms with Gasteiger partial charge in [0.05, 0.1) is 12.3 Å². The van der Waals surface area contributed by atoms with E-state index in [1.54, 1.807) is 11.3 Å². The fourth-order valence-corrected chi connectivity index (χ4v) is 2.95. The Hall–Kier alpha value is -1.000. The van der Waals surface area contributed by atoms with Crippen LogP contribution in [0.3, 0.4) is 0 Å². The Morgan fingerprint density at radius 2 is 2.24 bits per heavy atom. The lowest BCUT2D eigenvalue weighted by molar-refractivity contribution is 0.321. The third-order valence-electron chi connectivity index (χ3n) is 2.49. The van der Waals surface area contributed by atoms with E-state index >= 15 is 0 Å². The van der Waals surface area contributed by atoms with Gasteiger partial charge >= 0.3 is 0 Å². The average molecular weight is 312 g/mol. The lowest BCUT2D eigenvalue weighted by atomic mass is 10.2. The number of rotatable bonds is 4. The van der Waals surface area contributed by atoms with Crippen molar-refractivity contribution in [3.05, 3.63) is 44.6 Å². The minimum absolute atomic E-state index is 0.656. The van der Waals surface area contributed by atoms with E-state index in [1.807, 2.05) is 19.1 Å². The van der Waals surface area contributed by atoms with Gasteiger partial charge in [-0.05, 0) is 47.0 Å². The normalized spacial score (nSPS) is 10.5. The summed E-state index contributed by atoms with van der Waals surface area (Å²) < 4.78 is 6.74. The summed E-state index contributed by atoms with van der Waals surface area (Å²) in [5.74, 6) is 0.795. The Morgan fingerprint density at radius 3 is 2.88 bits per heavy atom. The molecule has 2 rings (SSSR count). The molecule has 4 heteroatoms. The van der Waals surface area contributed by atoms with Crippen molar-refractivity contribution in [2.24, 2.45) is 0 Å². The molecule has 0 unspecified atom stereocenters. The summed E-state index contributed by atoms with van der Waals surface area (Å²) in [5.41, 5.74) is 8.98. The zero-order valence-electron chi connectivity index (χ0n) is 9.57. The molecule has 17 heavy (non-hydrogen) atoms. The maximum absolute atomic E-state index is 5.93. The fraction of sp³-hybridized carbons (Fsp3) is 0.231. The van der Waals surface area contributed by atoms with Crippen LogP contribution in [0.5, 0.6) is 5.75 Å². The number of nitrogens with two attached hydrogens (primary N) is 1. The van der Waals surface area contributed by atoms with Gasteiger partial charge in [-0.15, -0.1) is 0 Å². The first-order valence-electron chi connectivity index (χ1n) is 5.36. The molecule has 90 valence electrons. The first-order chi connectivity index (χ1) is 8.16. The summed E-state index contributed by atoms with van der Waals surface area (Å²) in [6.45, 7) is 2.66. The number of aryl methyl sites for hydroxylation is 1. The molecule has 2 aromatic rings. The van der Waals surface area contributed by atoms with Crippen molar-refractivity contribution < 1.29 is 4.74 Å². The van der Waals surface area contributed by atoms with Crippen LogP contribution in [0.25, 0.3) is 0 Å². The smallest absolute Gasteiger partial charge is 0.145 e. The standard InChI is InChI=1S/C13H14BrNOS/c1-9-6-11(14)7-12(15)13(9)16-4-2-10-3-5-17-8-10/h3,5-8H,2,4,15H2,1H3. The molecule has 0 amide bonds. The molecule has 0 fully saturated rings. The molecular formula is C13H14BrNOS. The number of hydrogen-bond donors (Lipinski definition) is 1. The van der Waals surface area contributed by atoms with Gasteiger partial charge in [-0.2, -0.15) is 11.3 Å². The Bertz CT molecular complexity index is 473. The summed E-state index contributed by atoms with van der Waals surface area (Å²) in [4.78, 5) is 0. The lowest BCUT2D eigenvalue weighted by Crippen LogP contribution is -2.04. The number of hydrogen-bond acceptors (Lipinski definition) is 3. The lowest BCUT2D eigenvalue weighted by Gasteiger charge is -2.12. The van der Waals surface area contributed by atoms with E-state index in [0.717, 1.165) is 22.2 Å². The van der Waals surface area contributed by atoms with Gasteiger partial charge in [-0.1, -0.05) is 15.9 Å². The van der Waals surface area contributed by atoms with Gasteiger partial charge in [-0.3, -0.25) is 0 Å². The number of thiophene rings is 1. The largest absolute Gasteiger partial charge is 0.491 e. The van der Waals surface area contributed by atoms with Crippen molar-refractivity contribution in [1.82, 2.24) is 0 Å². The molecule has 0 saturated carbocycles. The monoisotopic (exact) mass is 311 g/mol. The van der Waals surface area contributed by atoms with E-state index in [9.17, 15) is 0 Å². The molecular weight excluding hydrogens is 298 g/mol. The van der Waals surface area contributed by atoms with Gasteiger partial charge in [0, 0.05) is 10.9 Å². The van der Waals surface area contributed by atoms with Crippen LogP contribution >= 0.6 is 27.3 Å². The summed E-state index contributed by atoms with van der Waals surface area (Å²) in [5, 5.41) is 4.22. The number of nitrogen functional groups attached to an aromatic ring is 1. The molecule has 2 N–H and O–H groups in total. The Kier molecular flexibility index (Phi) is 4.07. The quantitative estimate of drug-likeness (QED) is 0.865. The highest BCUT2D eigenvalue weighted by molar-refractivity contribution is 9.10. The zero-order valence-corrected chi connectivity index (χ0v) is 12.0. The molecule has 1 aromatic carbocycles. The minimum Gasteiger partial charge on any atom is -0.491 e. The molecule has 1 aromatic heterocycles. The van der Waals surface area contributed by atoms with E-state index in [1.165, 1.54) is 5.56 Å². The molecule has 1 heterocycles. The molecule has 0 radical (unpaired) electrons. The van der Waals surface area contributed by atoms with Crippen molar-refractivity contribution in [2.75, 3.05) is 12.3 Å². The van der Waals surface area contributed by atoms with Crippen LogP contribution in [0.1, 0.15) is 11.1 Å². The summed E-state index contributed by atoms with van der Waals surface area (Å²) in [7, 11) is 0. The minimum atomic E-state index is 0.656. The van der Waals surface area contributed by atoms with Gasteiger partial charge in [0.2, 0.25) is 0 Å². The maximum atomic E-state index is 5.93. The maximum Gasteiger partial charge on any atom is 0.145 e. The van der Waals surface area contributed by atoms with Crippen LogP contribution in [-0.4, -0.2) is 6.61 Å². The van der Waals surface area contributed by atoms with E-state index in [-0.39, 0.29) is 0 Å². The van der Waals surface area contributed by atoms with E-state index in [0.29, 0.717) is 12.3 Å². The Morgan fingerprint density at radius 1 is 1.41 bits per heavy atom. The van der Waals surface area contributed by atoms with Crippen LogP contribution in [0.2, 0.25) is 0 Å². The fourth-order valence-electron chi connectivity index (χ4n) is 1.66. The van der Waals surface area contributed by atoms with Crippen molar-refractivity contribution >= 4 is 33.0 Å². The first kappa shape index (κ1) is 12.5. The van der Waals surface area contributed by atoms with E-state index in [4.69, 9.17) is 10.5 Å². The summed E-state index contributed by atoms with van der Waals surface area (Å²) in [6, 6.07) is 6.00. The highest BCUT2D eigenvalue weighted by Crippen LogP contribution is 2.30. The van der Waals surface area contributed by atoms with E-state index < -0.39 is 0 Å². The number of anilines is 1. The van der Waals surface area contributed by atoms with Crippen LogP contribution < -0.4 is 10.5 Å². The summed E-state index contributed by atoms with van der Waals surface area (Å²) >= 11 is 5.12. The van der Waals surface area contributed by atoms with Gasteiger partial charge in [0.15, 0.2) is 0 Å². The summed E-state index contributed by atoms with van der Waals surface area (Å²) in [6.07, 6.45) is 0.915. The van der Waals surface area contributed by atoms with E-state index in [2.05, 4.69) is 32.8 Å². The van der Waals surface area contributed by atoms with Crippen LogP contribution in [0.15, 0.2) is 33.4 Å². The molecule has 0 spiro atoms. The van der Waals surface area contributed by atoms with Gasteiger partial charge in [-0.25, -0.2) is 0 Å². The molecule has 0 aliphatic rings. The van der Waals surface area contributed by atoms with Crippen LogP contribution in [-0.2, 0) is 6.42 Å². The van der Waals surface area contributed by atoms with Crippen molar-refractivity contribution in [3.8, 4) is 5.75 Å². The highest BCUT2D eigenvalue weighted by Gasteiger charge is 2.06. The molecule has 0 saturated heterocycles. The zero-order chi connectivity index (χ0) is 12.3. The number of benzene rings is 1. The molecule has 0 aliphatic heterocycles. The molecule has 0 aliphatic carbocycles. The van der Waals surface area contributed by atoms with Gasteiger partial charge < -0.3 is 10.5 Å². The average Bonchev–Trinajstić information content (AvgIpc) is 2.74. The third-order valence-corrected chi connectivity index (χ3v) is 3.68. The van der Waals surface area contributed by atoms with Crippen molar-refractivity contribution in [1.29, 1.82) is 0 Å². The second-order valence-corrected chi connectivity index (χ2v) is 5.57. The van der Waals surface area contributed by atoms with Gasteiger partial charge in [0.25, 0.3) is 0 Å². The van der Waals surface area contributed by atoms with Crippen molar-refractivity contribution in [2.45, 2.75) is 13.3 Å². The molecule has 2 nitrogen and oxygen atoms in total. The Labute approximate surface area is 114 Å². The van der Waals surface area contributed by atoms with Gasteiger partial charge in [0.1, 0.15) is 5.75 Å². The molecule has 0 bridgehead atoms. The first-order valence-corrected chi connectivity index (χ1v) is 7.10. The van der Waals surface area contributed by atoms with Crippen LogP contribution in [0, 0.1) is 6.92 Å². The highest BCUT2D eigenvalue weighted by atomic mass is 79.9.